The minimum Gasteiger partial charge on any atom is -0.475 e. The zero-order chi connectivity index (χ0) is 9.35. The van der Waals surface area contributed by atoms with Crippen molar-refractivity contribution in [3.63, 3.8) is 0 Å². The van der Waals surface area contributed by atoms with Gasteiger partial charge in [-0.25, -0.2) is 9.78 Å². The molecule has 1 aromatic rings. The monoisotopic (exact) mass is 130 g/mol. The number of hydrogen-bond acceptors (Lipinski definition) is 3. The first-order chi connectivity index (χ1) is 5.41. The van der Waals surface area contributed by atoms with Crippen LogP contribution in [-0.4, -0.2) is 25.8 Å². The van der Waals surface area contributed by atoms with Crippen LogP contribution in [0.2, 0.25) is 0 Å². The molecule has 0 fully saturated rings. The third-order valence-corrected chi connectivity index (χ3v) is 0.683. The van der Waals surface area contributed by atoms with E-state index in [0.717, 1.165) is 6.33 Å². The van der Waals surface area contributed by atoms with Crippen LogP contribution in [0, 0.1) is 0 Å². The van der Waals surface area contributed by atoms with E-state index in [2.05, 4.69) is 10.1 Å². The summed E-state index contributed by atoms with van der Waals surface area (Å²) in [5.41, 5.74) is 0. The van der Waals surface area contributed by atoms with E-state index in [1.165, 1.54) is 0 Å². The highest BCUT2D eigenvalue weighted by molar-refractivity contribution is 5.82. The Morgan fingerprint density at radius 1 is 2.11 bits per heavy atom. The molecule has 0 unspecified atom stereocenters. The molecule has 48 valence electrons. The van der Waals surface area contributed by atoms with Crippen LogP contribution in [0.15, 0.2) is 6.33 Å². The lowest BCUT2D eigenvalue weighted by Crippen LogP contribution is -2.00. The number of rotatable bonds is 1. The number of nitrogens with zero attached hydrogens (tertiary/aromatic N) is 3. The summed E-state index contributed by atoms with van der Waals surface area (Å²) in [6.45, 7) is -2.47. The lowest BCUT2D eigenvalue weighted by atomic mass is 10.7. The zero-order valence-electron chi connectivity index (χ0n) is 7.27. The van der Waals surface area contributed by atoms with Crippen molar-refractivity contribution in [2.24, 2.45) is 6.98 Å². The molecule has 0 amide bonds. The fourth-order valence-corrected chi connectivity index (χ4v) is 0.361. The number of carboxylic acid groups (broad SMARTS) is 1. The molecule has 0 aliphatic rings. The van der Waals surface area contributed by atoms with Crippen molar-refractivity contribution in [2.75, 3.05) is 0 Å². The second-order valence-electron chi connectivity index (χ2n) is 1.32. The molecular formula is C4H5N3O2. The van der Waals surface area contributed by atoms with Gasteiger partial charge in [0.05, 0.1) is 0 Å². The SMILES string of the molecule is [2H]C([2H])([2H])n1cnc(C(=O)O)n1. The van der Waals surface area contributed by atoms with Gasteiger partial charge >= 0.3 is 5.97 Å². The Morgan fingerprint density at radius 2 is 2.89 bits per heavy atom. The molecule has 0 saturated carbocycles. The quantitative estimate of drug-likeness (QED) is 0.557. The standard InChI is InChI=1S/C4H5N3O2/c1-7-2-5-3(6-7)4(8)9/h2H,1H3,(H,8,9)/i1D3. The second kappa shape index (κ2) is 1.85. The van der Waals surface area contributed by atoms with Gasteiger partial charge < -0.3 is 5.11 Å². The van der Waals surface area contributed by atoms with Gasteiger partial charge in [0.25, 0.3) is 5.82 Å². The third-order valence-electron chi connectivity index (χ3n) is 0.683. The summed E-state index contributed by atoms with van der Waals surface area (Å²) >= 11 is 0. The Bertz CT molecular complexity index is 305. The summed E-state index contributed by atoms with van der Waals surface area (Å²) < 4.78 is 21.0. The van der Waals surface area contributed by atoms with E-state index < -0.39 is 18.8 Å². The lowest BCUT2D eigenvalue weighted by Gasteiger charge is -1.80. The maximum absolute atomic E-state index is 10.2. The van der Waals surface area contributed by atoms with E-state index >= 15 is 0 Å². The molecule has 0 spiro atoms. The predicted molar refractivity (Wildman–Crippen MR) is 28.0 cm³/mol. The fraction of sp³-hybridized carbons (Fsp3) is 0.250. The molecule has 0 bridgehead atoms. The first-order valence-electron chi connectivity index (χ1n) is 3.56. The molecule has 5 heteroatoms. The van der Waals surface area contributed by atoms with Gasteiger partial charge in [-0.05, 0) is 0 Å². The van der Waals surface area contributed by atoms with Crippen molar-refractivity contribution in [3.05, 3.63) is 12.2 Å². The molecule has 0 aromatic carbocycles. The van der Waals surface area contributed by atoms with Gasteiger partial charge in [-0.15, -0.1) is 5.10 Å². The topological polar surface area (TPSA) is 68.0 Å². The van der Waals surface area contributed by atoms with Crippen molar-refractivity contribution in [1.82, 2.24) is 14.8 Å². The van der Waals surface area contributed by atoms with Crippen molar-refractivity contribution in [2.45, 2.75) is 0 Å². The molecule has 1 heterocycles. The van der Waals surface area contributed by atoms with Crippen molar-refractivity contribution in [3.8, 4) is 0 Å². The minimum atomic E-state index is -2.47. The molecule has 0 saturated heterocycles. The summed E-state index contributed by atoms with van der Waals surface area (Å²) in [4.78, 5) is 13.5. The maximum Gasteiger partial charge on any atom is 0.375 e. The Morgan fingerprint density at radius 3 is 3.22 bits per heavy atom. The number of aromatic carboxylic acids is 1. The number of hydrogen-bond donors (Lipinski definition) is 1. The lowest BCUT2D eigenvalue weighted by molar-refractivity contribution is 0.0683. The average Bonchev–Trinajstić information content (AvgIpc) is 2.30. The highest BCUT2D eigenvalue weighted by atomic mass is 16.4. The normalized spacial score (nSPS) is 15.8. The molecule has 1 aromatic heterocycles. The molecule has 5 nitrogen and oxygen atoms in total. The summed E-state index contributed by atoms with van der Waals surface area (Å²) in [6, 6.07) is 0. The van der Waals surface area contributed by atoms with Crippen LogP contribution in [0.5, 0.6) is 0 Å². The van der Waals surface area contributed by atoms with Crippen LogP contribution < -0.4 is 0 Å². The van der Waals surface area contributed by atoms with E-state index in [9.17, 15) is 4.79 Å². The summed E-state index contributed by atoms with van der Waals surface area (Å²) in [6.07, 6.45) is 0.858. The van der Waals surface area contributed by atoms with Crippen LogP contribution in [0.1, 0.15) is 14.7 Å². The second-order valence-corrected chi connectivity index (χ2v) is 1.32. The molecule has 0 aliphatic carbocycles. The van der Waals surface area contributed by atoms with Crippen LogP contribution in [-0.2, 0) is 6.98 Å². The highest BCUT2D eigenvalue weighted by Gasteiger charge is 2.05. The van der Waals surface area contributed by atoms with Crippen LogP contribution in [0.25, 0.3) is 0 Å². The molecule has 0 aliphatic heterocycles. The Balaban J connectivity index is 3.00. The molecule has 1 rings (SSSR count). The minimum absolute atomic E-state index is 0.522. The molecule has 9 heavy (non-hydrogen) atoms. The van der Waals surface area contributed by atoms with Crippen molar-refractivity contribution in [1.29, 1.82) is 0 Å². The van der Waals surface area contributed by atoms with Gasteiger partial charge in [-0.1, -0.05) is 0 Å². The largest absolute Gasteiger partial charge is 0.475 e. The highest BCUT2D eigenvalue weighted by Crippen LogP contribution is 1.84. The van der Waals surface area contributed by atoms with Crippen molar-refractivity contribution >= 4 is 5.97 Å². The number of aryl methyl sites for hydroxylation is 1. The maximum atomic E-state index is 10.2. The Labute approximate surface area is 55.2 Å². The molecule has 0 atom stereocenters. The van der Waals surface area contributed by atoms with E-state index in [0.29, 0.717) is 4.68 Å². The zero-order valence-corrected chi connectivity index (χ0v) is 4.27. The summed E-state index contributed by atoms with van der Waals surface area (Å²) in [5, 5.41) is 11.6. The number of carbonyl (C=O) groups is 1. The molecule has 0 radical (unpaired) electrons. The van der Waals surface area contributed by atoms with E-state index in [-0.39, 0.29) is 0 Å². The van der Waals surface area contributed by atoms with Gasteiger partial charge in [0.2, 0.25) is 0 Å². The first-order valence-corrected chi connectivity index (χ1v) is 2.06. The average molecular weight is 130 g/mol. The molecule has 1 N–H and O–H groups in total. The van der Waals surface area contributed by atoms with Gasteiger partial charge in [-0.3, -0.25) is 4.68 Å². The van der Waals surface area contributed by atoms with E-state index in [1.807, 2.05) is 0 Å². The summed E-state index contributed by atoms with van der Waals surface area (Å²) in [5.74, 6) is -1.87. The van der Waals surface area contributed by atoms with Gasteiger partial charge in [0.15, 0.2) is 0 Å². The fourth-order valence-electron chi connectivity index (χ4n) is 0.361. The molecular weight excluding hydrogens is 122 g/mol. The predicted octanol–water partition coefficient (Wildman–Crippen LogP) is -0.487. The van der Waals surface area contributed by atoms with Crippen LogP contribution in [0.3, 0.4) is 0 Å². The van der Waals surface area contributed by atoms with Crippen molar-refractivity contribution < 1.29 is 14.0 Å². The number of carboxylic acids is 1. The van der Waals surface area contributed by atoms with Crippen LogP contribution >= 0.6 is 0 Å². The first kappa shape index (κ1) is 2.95. The Hall–Kier alpha value is -1.39. The van der Waals surface area contributed by atoms with Gasteiger partial charge in [-0.2, -0.15) is 0 Å². The van der Waals surface area contributed by atoms with Gasteiger partial charge in [0.1, 0.15) is 6.33 Å². The smallest absolute Gasteiger partial charge is 0.375 e. The van der Waals surface area contributed by atoms with E-state index in [4.69, 9.17) is 9.22 Å². The third kappa shape index (κ3) is 1.04. The Kier molecular flexibility index (Phi) is 0.606. The van der Waals surface area contributed by atoms with Crippen LogP contribution in [0.4, 0.5) is 0 Å². The van der Waals surface area contributed by atoms with E-state index in [1.54, 1.807) is 0 Å². The number of aromatic nitrogens is 3. The van der Waals surface area contributed by atoms with Gasteiger partial charge in [0, 0.05) is 11.1 Å². The summed E-state index contributed by atoms with van der Waals surface area (Å²) in [7, 11) is 0.